The molecule has 0 radical (unpaired) electrons. The lowest BCUT2D eigenvalue weighted by Gasteiger charge is -2.30. The molecule has 9 heteroatoms. The monoisotopic (exact) mass is 473 g/mol. The normalized spacial score (nSPS) is 16.4. The van der Waals surface area contributed by atoms with Crippen LogP contribution >= 0.6 is 11.3 Å². The Labute approximate surface area is 194 Å². The SMILES string of the molecule is CC(C)(NC(=O)C1CCC1)C(=O)Nc1nc(C2=CC=C(F)CC2)c(Oc2ccc(F)cc2)s1. The molecule has 0 unspecified atom stereocenters. The highest BCUT2D eigenvalue weighted by Gasteiger charge is 2.35. The van der Waals surface area contributed by atoms with E-state index in [0.29, 0.717) is 22.9 Å². The number of hydrogen-bond acceptors (Lipinski definition) is 5. The van der Waals surface area contributed by atoms with Gasteiger partial charge in [0.15, 0.2) is 5.13 Å². The average molecular weight is 474 g/mol. The van der Waals surface area contributed by atoms with Gasteiger partial charge in [-0.05, 0) is 69.0 Å². The maximum absolute atomic E-state index is 13.5. The molecule has 0 aliphatic heterocycles. The second-order valence-electron chi connectivity index (χ2n) is 8.71. The van der Waals surface area contributed by atoms with E-state index in [4.69, 9.17) is 4.74 Å². The van der Waals surface area contributed by atoms with Crippen LogP contribution in [0.2, 0.25) is 0 Å². The highest BCUT2D eigenvalue weighted by Crippen LogP contribution is 2.41. The third-order valence-corrected chi connectivity index (χ3v) is 6.57. The van der Waals surface area contributed by atoms with Crippen molar-refractivity contribution in [3.8, 4) is 10.8 Å². The van der Waals surface area contributed by atoms with Crippen LogP contribution in [0, 0.1) is 11.7 Å². The summed E-state index contributed by atoms with van der Waals surface area (Å²) in [5, 5.41) is 6.26. The number of benzene rings is 1. The molecule has 0 bridgehead atoms. The van der Waals surface area contributed by atoms with E-state index in [1.165, 1.54) is 30.3 Å². The van der Waals surface area contributed by atoms with Gasteiger partial charge in [0, 0.05) is 12.3 Å². The second kappa shape index (κ2) is 9.43. The van der Waals surface area contributed by atoms with Crippen molar-refractivity contribution in [3.05, 3.63) is 53.8 Å². The zero-order valence-electron chi connectivity index (χ0n) is 18.4. The summed E-state index contributed by atoms with van der Waals surface area (Å²) in [5.41, 5.74) is 0.120. The first-order valence-electron chi connectivity index (χ1n) is 10.8. The van der Waals surface area contributed by atoms with Gasteiger partial charge in [-0.2, -0.15) is 0 Å². The molecule has 2 aliphatic carbocycles. The topological polar surface area (TPSA) is 80.3 Å². The summed E-state index contributed by atoms with van der Waals surface area (Å²) in [4.78, 5) is 29.8. The Hall–Kier alpha value is -3.07. The molecule has 2 aromatic rings. The van der Waals surface area contributed by atoms with Crippen molar-refractivity contribution in [1.82, 2.24) is 10.3 Å². The van der Waals surface area contributed by atoms with Crippen LogP contribution in [0.1, 0.15) is 51.6 Å². The van der Waals surface area contributed by atoms with Crippen LogP contribution in [-0.2, 0) is 9.59 Å². The van der Waals surface area contributed by atoms with E-state index in [0.717, 1.165) is 36.2 Å². The molecule has 1 saturated carbocycles. The first kappa shape index (κ1) is 23.1. The number of aromatic nitrogens is 1. The predicted octanol–water partition coefficient (Wildman–Crippen LogP) is 5.74. The molecular formula is C24H25F2N3O3S. The maximum Gasteiger partial charge on any atom is 0.251 e. The smallest absolute Gasteiger partial charge is 0.251 e. The Morgan fingerprint density at radius 3 is 2.45 bits per heavy atom. The highest BCUT2D eigenvalue weighted by atomic mass is 32.1. The lowest BCUT2D eigenvalue weighted by atomic mass is 9.84. The number of nitrogens with one attached hydrogen (secondary N) is 2. The van der Waals surface area contributed by atoms with Crippen LogP contribution < -0.4 is 15.4 Å². The number of allylic oxidation sites excluding steroid dienone is 4. The lowest BCUT2D eigenvalue weighted by molar-refractivity contribution is -0.133. The van der Waals surface area contributed by atoms with Crippen molar-refractivity contribution in [1.29, 1.82) is 0 Å². The minimum atomic E-state index is -1.13. The van der Waals surface area contributed by atoms with E-state index in [1.54, 1.807) is 19.9 Å². The van der Waals surface area contributed by atoms with Gasteiger partial charge in [-0.25, -0.2) is 13.8 Å². The predicted molar refractivity (Wildman–Crippen MR) is 123 cm³/mol. The van der Waals surface area contributed by atoms with Gasteiger partial charge >= 0.3 is 0 Å². The van der Waals surface area contributed by atoms with Crippen molar-refractivity contribution >= 4 is 33.9 Å². The number of thiazole rings is 1. The van der Waals surface area contributed by atoms with Gasteiger partial charge in [-0.3, -0.25) is 14.9 Å². The molecule has 1 heterocycles. The molecule has 174 valence electrons. The summed E-state index contributed by atoms with van der Waals surface area (Å²) in [5.74, 6) is -0.763. The fourth-order valence-electron chi connectivity index (χ4n) is 3.44. The molecule has 6 nitrogen and oxygen atoms in total. The van der Waals surface area contributed by atoms with Crippen LogP contribution in [-0.4, -0.2) is 22.3 Å². The first-order chi connectivity index (χ1) is 15.7. The zero-order chi connectivity index (χ0) is 23.6. The Balaban J connectivity index is 1.55. The van der Waals surface area contributed by atoms with E-state index in [9.17, 15) is 18.4 Å². The zero-order valence-corrected chi connectivity index (χ0v) is 19.2. The van der Waals surface area contributed by atoms with Gasteiger partial charge in [0.05, 0.1) is 0 Å². The van der Waals surface area contributed by atoms with Crippen molar-refractivity contribution in [2.75, 3.05) is 5.32 Å². The highest BCUT2D eigenvalue weighted by molar-refractivity contribution is 7.17. The van der Waals surface area contributed by atoms with E-state index in [1.807, 2.05) is 0 Å². The van der Waals surface area contributed by atoms with Crippen molar-refractivity contribution in [2.45, 2.75) is 51.5 Å². The summed E-state index contributed by atoms with van der Waals surface area (Å²) in [6.45, 7) is 3.28. The molecule has 2 N–H and O–H groups in total. The van der Waals surface area contributed by atoms with Gasteiger partial charge in [0.25, 0.3) is 5.91 Å². The average Bonchev–Trinajstić information content (AvgIpc) is 3.10. The maximum atomic E-state index is 13.5. The summed E-state index contributed by atoms with van der Waals surface area (Å²) < 4.78 is 32.7. The third-order valence-electron chi connectivity index (χ3n) is 5.72. The number of anilines is 1. The van der Waals surface area contributed by atoms with Crippen molar-refractivity contribution < 1.29 is 23.1 Å². The number of hydrogen-bond donors (Lipinski definition) is 2. The van der Waals surface area contributed by atoms with Crippen LogP contribution in [0.4, 0.5) is 13.9 Å². The van der Waals surface area contributed by atoms with Crippen LogP contribution in [0.5, 0.6) is 10.8 Å². The Bertz CT molecular complexity index is 1120. The molecule has 0 atom stereocenters. The van der Waals surface area contributed by atoms with E-state index < -0.39 is 11.4 Å². The molecule has 2 aliphatic rings. The number of rotatable bonds is 7. The number of ether oxygens (including phenoxy) is 1. The molecule has 0 spiro atoms. The molecule has 1 aromatic heterocycles. The number of carbonyl (C=O) groups excluding carboxylic acids is 2. The van der Waals surface area contributed by atoms with Crippen LogP contribution in [0.15, 0.2) is 42.2 Å². The number of amides is 2. The van der Waals surface area contributed by atoms with Crippen molar-refractivity contribution in [2.24, 2.45) is 5.92 Å². The first-order valence-corrected chi connectivity index (χ1v) is 11.7. The minimum absolute atomic E-state index is 0.0362. The summed E-state index contributed by atoms with van der Waals surface area (Å²) in [7, 11) is 0. The lowest BCUT2D eigenvalue weighted by Crippen LogP contribution is -2.54. The fraction of sp³-hybridized carbons (Fsp3) is 0.375. The summed E-state index contributed by atoms with van der Waals surface area (Å²) >= 11 is 1.11. The van der Waals surface area contributed by atoms with E-state index >= 15 is 0 Å². The van der Waals surface area contributed by atoms with Crippen molar-refractivity contribution in [3.63, 3.8) is 0 Å². The third kappa shape index (κ3) is 5.47. The molecule has 2 amide bonds. The summed E-state index contributed by atoms with van der Waals surface area (Å²) in [6.07, 6.45) is 6.42. The van der Waals surface area contributed by atoms with E-state index in [2.05, 4.69) is 15.6 Å². The molecule has 33 heavy (non-hydrogen) atoms. The van der Waals surface area contributed by atoms with Gasteiger partial charge in [-0.1, -0.05) is 23.8 Å². The quantitative estimate of drug-likeness (QED) is 0.538. The van der Waals surface area contributed by atoms with E-state index in [-0.39, 0.29) is 35.0 Å². The Kier molecular flexibility index (Phi) is 6.60. The van der Waals surface area contributed by atoms with Gasteiger partial charge in [0.2, 0.25) is 11.0 Å². The van der Waals surface area contributed by atoms with Crippen LogP contribution in [0.3, 0.4) is 0 Å². The Morgan fingerprint density at radius 1 is 1.12 bits per heavy atom. The number of carbonyl (C=O) groups is 2. The number of halogens is 2. The second-order valence-corrected chi connectivity index (χ2v) is 9.67. The van der Waals surface area contributed by atoms with Gasteiger partial charge in [0.1, 0.15) is 28.6 Å². The van der Waals surface area contributed by atoms with Gasteiger partial charge in [-0.15, -0.1) is 0 Å². The fourth-order valence-corrected chi connectivity index (χ4v) is 4.31. The number of nitrogens with zero attached hydrogens (tertiary/aromatic N) is 1. The minimum Gasteiger partial charge on any atom is -0.444 e. The molecule has 0 saturated heterocycles. The molecule has 1 aromatic carbocycles. The van der Waals surface area contributed by atoms with Gasteiger partial charge < -0.3 is 10.1 Å². The molecular weight excluding hydrogens is 448 g/mol. The summed E-state index contributed by atoms with van der Waals surface area (Å²) in [6, 6.07) is 5.55. The molecule has 1 fully saturated rings. The molecule has 4 rings (SSSR count). The standard InChI is InChI=1S/C24H25F2N3O3S/c1-24(2,29-20(30)15-4-3-5-15)22(31)28-23-27-19(14-6-8-16(25)9-7-14)21(33-23)32-18-12-10-17(26)11-13-18/h6,8,10-13,15H,3-5,7,9H2,1-2H3,(H,29,30)(H,27,28,31). The Morgan fingerprint density at radius 2 is 1.85 bits per heavy atom. The largest absolute Gasteiger partial charge is 0.444 e. The van der Waals surface area contributed by atoms with Crippen LogP contribution in [0.25, 0.3) is 5.57 Å².